The number of aryl methyl sites for hydroxylation is 1. The van der Waals surface area contributed by atoms with Crippen molar-refractivity contribution >= 4 is 0 Å². The average Bonchev–Trinajstić information content (AvgIpc) is 2.61. The van der Waals surface area contributed by atoms with E-state index in [-0.39, 0.29) is 0 Å². The second-order valence-electron chi connectivity index (χ2n) is 8.00. The quantitative estimate of drug-likeness (QED) is 0.308. The molecule has 0 saturated heterocycles. The molecule has 0 saturated carbocycles. The molecule has 1 radical (unpaired) electrons. The largest absolute Gasteiger partial charge is 0.299 e. The Balaban J connectivity index is 2.61. The van der Waals surface area contributed by atoms with E-state index in [9.17, 15) is 0 Å². The molecule has 0 atom stereocenters. The van der Waals surface area contributed by atoms with Crippen molar-refractivity contribution in [3.05, 3.63) is 35.4 Å². The van der Waals surface area contributed by atoms with Crippen LogP contribution in [0.25, 0.3) is 0 Å². The maximum Gasteiger partial charge on any atom is 0.0236 e. The van der Waals surface area contributed by atoms with Crippen LogP contribution in [0.4, 0.5) is 0 Å². The van der Waals surface area contributed by atoms with Gasteiger partial charge in [-0.3, -0.25) is 4.90 Å². The number of unbranched alkanes of at least 4 members (excludes halogenated alkanes) is 6. The fourth-order valence-electron chi connectivity index (χ4n) is 3.36. The van der Waals surface area contributed by atoms with E-state index >= 15 is 0 Å². The third-order valence-corrected chi connectivity index (χ3v) is 5.06. The lowest BCUT2D eigenvalue weighted by atomic mass is 9.98. The number of rotatable bonds is 15. The Morgan fingerprint density at radius 2 is 1.56 bits per heavy atom. The zero-order valence-electron chi connectivity index (χ0n) is 17.4. The Morgan fingerprint density at radius 1 is 0.920 bits per heavy atom. The van der Waals surface area contributed by atoms with Crippen LogP contribution in [0, 0.1) is 12.0 Å². The van der Waals surface area contributed by atoms with Crippen LogP contribution in [0.15, 0.2) is 18.2 Å². The highest BCUT2D eigenvalue weighted by atomic mass is 15.1. The van der Waals surface area contributed by atoms with Crippen LogP contribution in [0.2, 0.25) is 0 Å². The van der Waals surface area contributed by atoms with Crippen molar-refractivity contribution in [3.8, 4) is 0 Å². The zero-order chi connectivity index (χ0) is 18.3. The molecule has 143 valence electrons. The van der Waals surface area contributed by atoms with Gasteiger partial charge >= 0.3 is 0 Å². The van der Waals surface area contributed by atoms with E-state index in [1.54, 1.807) is 0 Å². The van der Waals surface area contributed by atoms with Gasteiger partial charge in [0.15, 0.2) is 0 Å². The first-order valence-electron chi connectivity index (χ1n) is 10.9. The molecule has 0 aliphatic carbocycles. The molecule has 0 spiro atoms. The molecule has 0 aliphatic heterocycles. The molecule has 25 heavy (non-hydrogen) atoms. The highest BCUT2D eigenvalue weighted by molar-refractivity contribution is 5.26. The molecule has 1 rings (SSSR count). The maximum absolute atomic E-state index is 3.52. The Bertz CT molecular complexity index is 412. The fraction of sp³-hybridized carbons (Fsp3) is 0.750. The van der Waals surface area contributed by atoms with Gasteiger partial charge in [-0.25, -0.2) is 0 Å². The smallest absolute Gasteiger partial charge is 0.0236 e. The van der Waals surface area contributed by atoms with Gasteiger partial charge in [0, 0.05) is 6.54 Å². The van der Waals surface area contributed by atoms with Gasteiger partial charge in [-0.2, -0.15) is 0 Å². The first kappa shape index (κ1) is 22.2. The van der Waals surface area contributed by atoms with Gasteiger partial charge in [0.05, 0.1) is 0 Å². The number of benzene rings is 1. The Morgan fingerprint density at radius 3 is 2.12 bits per heavy atom. The number of hydrogen-bond donors (Lipinski definition) is 0. The molecular weight excluding hydrogens is 302 g/mol. The Kier molecular flexibility index (Phi) is 12.8. The predicted molar refractivity (Wildman–Crippen MR) is 112 cm³/mol. The lowest BCUT2D eigenvalue weighted by molar-refractivity contribution is 0.252. The molecule has 0 bridgehead atoms. The molecular formula is C24H42N. The summed E-state index contributed by atoms with van der Waals surface area (Å²) in [6, 6.07) is 10.1. The van der Waals surface area contributed by atoms with Crippen LogP contribution in [-0.2, 0) is 13.0 Å². The van der Waals surface area contributed by atoms with Crippen molar-refractivity contribution in [2.75, 3.05) is 13.1 Å². The van der Waals surface area contributed by atoms with Gasteiger partial charge in [-0.1, -0.05) is 84.4 Å². The van der Waals surface area contributed by atoms with E-state index in [0.29, 0.717) is 0 Å². The number of hydrogen-bond acceptors (Lipinski definition) is 1. The van der Waals surface area contributed by atoms with Crippen molar-refractivity contribution in [3.63, 3.8) is 0 Å². The first-order chi connectivity index (χ1) is 12.2. The summed E-state index contributed by atoms with van der Waals surface area (Å²) >= 11 is 0. The molecule has 0 unspecified atom stereocenters. The zero-order valence-corrected chi connectivity index (χ0v) is 17.4. The molecule has 1 aromatic rings. The van der Waals surface area contributed by atoms with E-state index in [1.807, 2.05) is 0 Å². The summed E-state index contributed by atoms with van der Waals surface area (Å²) in [5, 5.41) is 0. The van der Waals surface area contributed by atoms with E-state index < -0.39 is 0 Å². The predicted octanol–water partition coefficient (Wildman–Crippen LogP) is 7.04. The second kappa shape index (κ2) is 14.4. The topological polar surface area (TPSA) is 3.24 Å². The van der Waals surface area contributed by atoms with Gasteiger partial charge < -0.3 is 0 Å². The van der Waals surface area contributed by atoms with E-state index in [4.69, 9.17) is 0 Å². The third kappa shape index (κ3) is 10.7. The lowest BCUT2D eigenvalue weighted by Gasteiger charge is -2.24. The summed E-state index contributed by atoms with van der Waals surface area (Å²) in [5.74, 6) is 0.764. The minimum Gasteiger partial charge on any atom is -0.299 e. The molecule has 1 aromatic carbocycles. The summed E-state index contributed by atoms with van der Waals surface area (Å²) in [4.78, 5) is 2.70. The normalized spacial score (nSPS) is 11.6. The van der Waals surface area contributed by atoms with Crippen molar-refractivity contribution in [1.29, 1.82) is 0 Å². The molecule has 1 nitrogen and oxygen atoms in total. The van der Waals surface area contributed by atoms with Crippen molar-refractivity contribution < 1.29 is 0 Å². The van der Waals surface area contributed by atoms with Crippen molar-refractivity contribution in [2.45, 2.75) is 98.4 Å². The molecule has 1 heteroatoms. The Labute approximate surface area is 158 Å². The van der Waals surface area contributed by atoms with E-state index in [2.05, 4.69) is 56.9 Å². The van der Waals surface area contributed by atoms with Crippen LogP contribution in [0.1, 0.15) is 96.6 Å². The number of nitrogens with zero attached hydrogens (tertiary/aromatic N) is 1. The standard InChI is InChI=1S/C24H42N/c1-5-7-9-13-19-25(20-14-10-8-6-2)21-24-16-12-11-15-23(24)18-17-22(3)4/h11-12,16,22H,5-10,13-14,17-21H2,1-4H3. The highest BCUT2D eigenvalue weighted by Gasteiger charge is 2.10. The van der Waals surface area contributed by atoms with Crippen LogP contribution in [-0.4, -0.2) is 18.0 Å². The lowest BCUT2D eigenvalue weighted by Crippen LogP contribution is -2.26. The molecule has 0 amide bonds. The molecule has 0 heterocycles. The third-order valence-electron chi connectivity index (χ3n) is 5.06. The summed E-state index contributed by atoms with van der Waals surface area (Å²) < 4.78 is 0. The SMILES string of the molecule is CCCCCCN(CCCCCC)Cc1ccc[c]c1CCC(C)C. The summed E-state index contributed by atoms with van der Waals surface area (Å²) in [6.45, 7) is 12.8. The van der Waals surface area contributed by atoms with E-state index in [0.717, 1.165) is 12.5 Å². The summed E-state index contributed by atoms with van der Waals surface area (Å²) in [7, 11) is 0. The van der Waals surface area contributed by atoms with Crippen LogP contribution >= 0.6 is 0 Å². The Hall–Kier alpha value is -0.820. The molecule has 0 aliphatic rings. The van der Waals surface area contributed by atoms with Gasteiger partial charge in [0.25, 0.3) is 0 Å². The minimum atomic E-state index is 0.764. The summed E-state index contributed by atoms with van der Waals surface area (Å²) in [6.07, 6.45) is 13.3. The molecule has 0 aromatic heterocycles. The maximum atomic E-state index is 3.52. The molecule has 0 fully saturated rings. The minimum absolute atomic E-state index is 0.764. The molecule has 0 N–H and O–H groups in total. The van der Waals surface area contributed by atoms with E-state index in [1.165, 1.54) is 88.4 Å². The first-order valence-corrected chi connectivity index (χ1v) is 10.9. The van der Waals surface area contributed by atoms with Crippen LogP contribution < -0.4 is 0 Å². The van der Waals surface area contributed by atoms with Gasteiger partial charge in [-0.15, -0.1) is 0 Å². The van der Waals surface area contributed by atoms with Gasteiger partial charge in [-0.05, 0) is 61.9 Å². The van der Waals surface area contributed by atoms with Gasteiger partial charge in [0.2, 0.25) is 0 Å². The van der Waals surface area contributed by atoms with Crippen molar-refractivity contribution in [2.24, 2.45) is 5.92 Å². The van der Waals surface area contributed by atoms with Crippen LogP contribution in [0.5, 0.6) is 0 Å². The fourth-order valence-corrected chi connectivity index (χ4v) is 3.36. The monoisotopic (exact) mass is 344 g/mol. The van der Waals surface area contributed by atoms with Crippen molar-refractivity contribution in [1.82, 2.24) is 4.90 Å². The summed E-state index contributed by atoms with van der Waals surface area (Å²) in [5.41, 5.74) is 2.96. The van der Waals surface area contributed by atoms with Crippen LogP contribution in [0.3, 0.4) is 0 Å². The van der Waals surface area contributed by atoms with Gasteiger partial charge in [0.1, 0.15) is 0 Å². The average molecular weight is 345 g/mol. The highest BCUT2D eigenvalue weighted by Crippen LogP contribution is 2.17. The second-order valence-corrected chi connectivity index (χ2v) is 8.00.